The number of nitrogens with zero attached hydrogens (tertiary/aromatic N) is 2. The predicted octanol–water partition coefficient (Wildman–Crippen LogP) is -1.37. The third-order valence-corrected chi connectivity index (χ3v) is 1.40. The van der Waals surface area contributed by atoms with Crippen molar-refractivity contribution in [3.8, 4) is 0 Å². The first-order valence-corrected chi connectivity index (χ1v) is 2.98. The van der Waals surface area contributed by atoms with E-state index in [-0.39, 0.29) is 5.71 Å². The first kappa shape index (κ1) is 6.02. The van der Waals surface area contributed by atoms with Crippen LogP contribution in [0.2, 0.25) is 0 Å². The number of rotatable bonds is 0. The Morgan fingerprint density at radius 1 is 1.45 bits per heavy atom. The number of hydrogen-bond donors (Lipinski definition) is 2. The molecule has 0 spiro atoms. The minimum atomic E-state index is -0.573. The highest BCUT2D eigenvalue weighted by molar-refractivity contribution is 6.46. The lowest BCUT2D eigenvalue weighted by atomic mass is 10.2. The van der Waals surface area contributed by atoms with Gasteiger partial charge in [0.25, 0.3) is 5.91 Å². The molecule has 1 saturated heterocycles. The van der Waals surface area contributed by atoms with E-state index in [0.717, 1.165) is 0 Å². The number of aliphatic imine (C=N–C) groups is 2. The van der Waals surface area contributed by atoms with Crippen LogP contribution in [0, 0.1) is 0 Å². The van der Waals surface area contributed by atoms with Crippen LogP contribution >= 0.6 is 0 Å². The number of imide groups is 1. The van der Waals surface area contributed by atoms with Gasteiger partial charge in [-0.3, -0.25) is 10.1 Å². The fourth-order valence-corrected chi connectivity index (χ4v) is 0.919. The highest BCUT2D eigenvalue weighted by Gasteiger charge is 2.32. The SMILES string of the molecule is O=C1NC(=O)C2=NC=NC2N1. The zero-order valence-electron chi connectivity index (χ0n) is 5.37. The summed E-state index contributed by atoms with van der Waals surface area (Å²) >= 11 is 0. The number of amides is 3. The number of urea groups is 1. The third-order valence-electron chi connectivity index (χ3n) is 1.40. The topological polar surface area (TPSA) is 82.9 Å². The van der Waals surface area contributed by atoms with Gasteiger partial charge >= 0.3 is 6.03 Å². The summed E-state index contributed by atoms with van der Waals surface area (Å²) in [5.74, 6) is -0.476. The van der Waals surface area contributed by atoms with E-state index in [1.54, 1.807) is 0 Å². The molecule has 1 atom stereocenters. The Morgan fingerprint density at radius 3 is 3.09 bits per heavy atom. The van der Waals surface area contributed by atoms with E-state index in [2.05, 4.69) is 20.6 Å². The summed E-state index contributed by atoms with van der Waals surface area (Å²) < 4.78 is 0. The predicted molar refractivity (Wildman–Crippen MR) is 36.4 cm³/mol. The molecule has 1 unspecified atom stereocenters. The minimum Gasteiger partial charge on any atom is -0.310 e. The molecule has 6 nitrogen and oxygen atoms in total. The first-order chi connectivity index (χ1) is 5.27. The van der Waals surface area contributed by atoms with Crippen LogP contribution in [0.25, 0.3) is 0 Å². The van der Waals surface area contributed by atoms with Crippen molar-refractivity contribution in [1.82, 2.24) is 10.6 Å². The van der Waals surface area contributed by atoms with Crippen molar-refractivity contribution in [2.24, 2.45) is 9.98 Å². The second kappa shape index (κ2) is 1.88. The molecule has 0 aromatic carbocycles. The smallest absolute Gasteiger partial charge is 0.310 e. The molecule has 0 saturated carbocycles. The van der Waals surface area contributed by atoms with Gasteiger partial charge in [0.15, 0.2) is 11.9 Å². The van der Waals surface area contributed by atoms with Crippen molar-refractivity contribution < 1.29 is 9.59 Å². The molecule has 2 heterocycles. The first-order valence-electron chi connectivity index (χ1n) is 2.98. The monoisotopic (exact) mass is 152 g/mol. The second-order valence-corrected chi connectivity index (χ2v) is 2.11. The summed E-state index contributed by atoms with van der Waals surface area (Å²) in [5, 5.41) is 4.46. The Morgan fingerprint density at radius 2 is 2.27 bits per heavy atom. The van der Waals surface area contributed by atoms with E-state index in [1.165, 1.54) is 6.34 Å². The molecular weight excluding hydrogens is 148 g/mol. The van der Waals surface area contributed by atoms with Crippen LogP contribution < -0.4 is 10.6 Å². The summed E-state index contributed by atoms with van der Waals surface area (Å²) in [6.07, 6.45) is 0.682. The highest BCUT2D eigenvalue weighted by Crippen LogP contribution is 2.01. The molecule has 0 aromatic heterocycles. The van der Waals surface area contributed by atoms with Gasteiger partial charge in [-0.05, 0) is 0 Å². The Hall–Kier alpha value is -1.72. The van der Waals surface area contributed by atoms with Crippen LogP contribution in [0.15, 0.2) is 9.98 Å². The molecule has 2 rings (SSSR count). The Balaban J connectivity index is 2.31. The Bertz CT molecular complexity index is 293. The molecule has 56 valence electrons. The molecule has 2 aliphatic heterocycles. The third kappa shape index (κ3) is 0.794. The summed E-state index contributed by atoms with van der Waals surface area (Å²) in [7, 11) is 0. The Kier molecular flexibility index (Phi) is 1.03. The lowest BCUT2D eigenvalue weighted by Crippen LogP contribution is -2.57. The molecule has 2 aliphatic rings. The van der Waals surface area contributed by atoms with Crippen LogP contribution in [0.5, 0.6) is 0 Å². The van der Waals surface area contributed by atoms with Gasteiger partial charge in [0.05, 0.1) is 0 Å². The number of hydrogen-bond acceptors (Lipinski definition) is 4. The summed E-state index contributed by atoms with van der Waals surface area (Å²) in [5.41, 5.74) is 0.240. The van der Waals surface area contributed by atoms with Gasteiger partial charge in [0.2, 0.25) is 0 Å². The van der Waals surface area contributed by atoms with Gasteiger partial charge in [-0.25, -0.2) is 14.8 Å². The van der Waals surface area contributed by atoms with E-state index in [0.29, 0.717) is 0 Å². The molecule has 3 amide bonds. The van der Waals surface area contributed by atoms with Crippen molar-refractivity contribution in [3.05, 3.63) is 0 Å². The van der Waals surface area contributed by atoms with E-state index in [1.807, 2.05) is 0 Å². The van der Waals surface area contributed by atoms with Crippen molar-refractivity contribution in [1.29, 1.82) is 0 Å². The van der Waals surface area contributed by atoms with Crippen molar-refractivity contribution in [2.45, 2.75) is 6.17 Å². The fraction of sp³-hybridized carbons (Fsp3) is 0.200. The lowest BCUT2D eigenvalue weighted by molar-refractivity contribution is -0.114. The van der Waals surface area contributed by atoms with Crippen LogP contribution in [-0.2, 0) is 4.79 Å². The molecule has 0 radical (unpaired) electrons. The number of nitrogens with one attached hydrogen (secondary N) is 2. The zero-order chi connectivity index (χ0) is 7.84. The minimum absolute atomic E-state index is 0.240. The fourth-order valence-electron chi connectivity index (χ4n) is 0.919. The molecule has 0 aromatic rings. The maximum Gasteiger partial charge on any atom is 0.323 e. The summed E-state index contributed by atoms with van der Waals surface area (Å²) in [6.45, 7) is 0. The zero-order valence-corrected chi connectivity index (χ0v) is 5.37. The summed E-state index contributed by atoms with van der Waals surface area (Å²) in [4.78, 5) is 29.0. The molecule has 0 aliphatic carbocycles. The number of carbonyl (C=O) groups excluding carboxylic acids is 2. The Labute approximate surface area is 61.4 Å². The summed E-state index contributed by atoms with van der Waals surface area (Å²) in [6, 6.07) is -0.530. The van der Waals surface area contributed by atoms with Crippen LogP contribution in [0.1, 0.15) is 0 Å². The van der Waals surface area contributed by atoms with Crippen LogP contribution in [0.3, 0.4) is 0 Å². The van der Waals surface area contributed by atoms with Crippen molar-refractivity contribution in [2.75, 3.05) is 0 Å². The van der Waals surface area contributed by atoms with Crippen LogP contribution in [-0.4, -0.2) is 30.2 Å². The maximum atomic E-state index is 10.9. The highest BCUT2D eigenvalue weighted by atomic mass is 16.2. The van der Waals surface area contributed by atoms with Gasteiger partial charge in [-0.2, -0.15) is 0 Å². The van der Waals surface area contributed by atoms with Gasteiger partial charge in [-0.15, -0.1) is 0 Å². The molecule has 6 heteroatoms. The van der Waals surface area contributed by atoms with E-state index >= 15 is 0 Å². The average Bonchev–Trinajstić information content (AvgIpc) is 2.34. The molecule has 11 heavy (non-hydrogen) atoms. The number of carbonyl (C=O) groups is 2. The van der Waals surface area contributed by atoms with Crippen molar-refractivity contribution in [3.63, 3.8) is 0 Å². The maximum absolute atomic E-state index is 10.9. The molecule has 2 N–H and O–H groups in total. The van der Waals surface area contributed by atoms with E-state index in [4.69, 9.17) is 0 Å². The normalized spacial score (nSPS) is 27.3. The van der Waals surface area contributed by atoms with E-state index < -0.39 is 18.1 Å². The second-order valence-electron chi connectivity index (χ2n) is 2.11. The number of fused-ring (bicyclic) bond motifs is 1. The largest absolute Gasteiger partial charge is 0.323 e. The van der Waals surface area contributed by atoms with Gasteiger partial charge in [0, 0.05) is 0 Å². The molecule has 1 fully saturated rings. The van der Waals surface area contributed by atoms with Gasteiger partial charge < -0.3 is 5.32 Å². The van der Waals surface area contributed by atoms with Gasteiger partial charge in [-0.1, -0.05) is 0 Å². The van der Waals surface area contributed by atoms with E-state index in [9.17, 15) is 9.59 Å². The van der Waals surface area contributed by atoms with Gasteiger partial charge in [0.1, 0.15) is 6.34 Å². The standard InChI is InChI=1S/C5H4N4O2/c10-4-2-3(7-1-6-2)8-5(11)9-4/h1,3H,(H2,8,9,10,11). The quantitative estimate of drug-likeness (QED) is 0.449. The van der Waals surface area contributed by atoms with Crippen molar-refractivity contribution >= 4 is 24.0 Å². The lowest BCUT2D eigenvalue weighted by Gasteiger charge is -2.17. The molecule has 0 bridgehead atoms. The average molecular weight is 152 g/mol. The molecular formula is C5H4N4O2. The van der Waals surface area contributed by atoms with Crippen LogP contribution in [0.4, 0.5) is 4.79 Å².